The maximum atomic E-state index is 13.5. The number of fused-ring (bicyclic) bond motifs is 1. The SMILES string of the molecule is Fc1ccc(Cl)c(CNn2ccc3ncc(-c4cnn(C5CCNCC5)c4)nc32)c1. The van der Waals surface area contributed by atoms with E-state index in [9.17, 15) is 4.39 Å². The first-order valence-corrected chi connectivity index (χ1v) is 10.3. The molecule has 30 heavy (non-hydrogen) atoms. The Morgan fingerprint density at radius 2 is 2.07 bits per heavy atom. The number of aromatic nitrogens is 5. The van der Waals surface area contributed by atoms with Gasteiger partial charge in [-0.1, -0.05) is 11.6 Å². The minimum atomic E-state index is -0.318. The van der Waals surface area contributed by atoms with Crippen LogP contribution in [0.3, 0.4) is 0 Å². The lowest BCUT2D eigenvalue weighted by Crippen LogP contribution is -2.29. The zero-order valence-corrected chi connectivity index (χ0v) is 17.0. The first-order valence-electron chi connectivity index (χ1n) is 9.94. The third kappa shape index (κ3) is 3.76. The Morgan fingerprint density at radius 1 is 1.20 bits per heavy atom. The molecule has 9 heteroatoms. The van der Waals surface area contributed by atoms with Crippen LogP contribution in [0.2, 0.25) is 5.02 Å². The third-order valence-electron chi connectivity index (χ3n) is 5.42. The number of hydrogen-bond acceptors (Lipinski definition) is 5. The van der Waals surface area contributed by atoms with Crippen LogP contribution in [-0.4, -0.2) is 37.5 Å². The van der Waals surface area contributed by atoms with Gasteiger partial charge in [-0.2, -0.15) is 5.10 Å². The predicted octanol–water partition coefficient (Wildman–Crippen LogP) is 3.76. The molecular weight excluding hydrogens is 405 g/mol. The van der Waals surface area contributed by atoms with E-state index in [4.69, 9.17) is 16.6 Å². The molecule has 1 saturated heterocycles. The zero-order valence-electron chi connectivity index (χ0n) is 16.2. The van der Waals surface area contributed by atoms with Crippen LogP contribution in [0.5, 0.6) is 0 Å². The van der Waals surface area contributed by atoms with E-state index >= 15 is 0 Å². The maximum absolute atomic E-state index is 13.5. The molecule has 0 bridgehead atoms. The van der Waals surface area contributed by atoms with Crippen molar-refractivity contribution in [1.82, 2.24) is 29.7 Å². The van der Waals surface area contributed by atoms with Gasteiger partial charge in [-0.3, -0.25) is 9.67 Å². The van der Waals surface area contributed by atoms with Crippen molar-refractivity contribution in [2.75, 3.05) is 18.5 Å². The summed E-state index contributed by atoms with van der Waals surface area (Å²) >= 11 is 6.17. The van der Waals surface area contributed by atoms with Crippen molar-refractivity contribution in [3.05, 3.63) is 65.5 Å². The minimum absolute atomic E-state index is 0.318. The van der Waals surface area contributed by atoms with Gasteiger partial charge in [0.05, 0.1) is 30.7 Å². The number of nitrogens with zero attached hydrogens (tertiary/aromatic N) is 5. The molecule has 1 fully saturated rings. The van der Waals surface area contributed by atoms with E-state index in [1.807, 2.05) is 29.3 Å². The van der Waals surface area contributed by atoms with Gasteiger partial charge in [-0.05, 0) is 55.8 Å². The predicted molar refractivity (Wildman–Crippen MR) is 114 cm³/mol. The van der Waals surface area contributed by atoms with Crippen molar-refractivity contribution in [1.29, 1.82) is 0 Å². The fourth-order valence-corrected chi connectivity index (χ4v) is 3.94. The van der Waals surface area contributed by atoms with Crippen molar-refractivity contribution in [2.45, 2.75) is 25.4 Å². The summed E-state index contributed by atoms with van der Waals surface area (Å²) in [6.07, 6.45) is 9.63. The van der Waals surface area contributed by atoms with E-state index in [0.717, 1.165) is 42.7 Å². The quantitative estimate of drug-likeness (QED) is 0.509. The van der Waals surface area contributed by atoms with Gasteiger partial charge < -0.3 is 10.7 Å². The lowest BCUT2D eigenvalue weighted by molar-refractivity contribution is 0.343. The molecule has 0 radical (unpaired) electrons. The van der Waals surface area contributed by atoms with Gasteiger partial charge in [0.15, 0.2) is 5.65 Å². The third-order valence-corrected chi connectivity index (χ3v) is 5.79. The highest BCUT2D eigenvalue weighted by atomic mass is 35.5. The van der Waals surface area contributed by atoms with Gasteiger partial charge in [0.25, 0.3) is 0 Å². The smallest absolute Gasteiger partial charge is 0.177 e. The Labute approximate surface area is 177 Å². The van der Waals surface area contributed by atoms with Gasteiger partial charge in [-0.25, -0.2) is 14.1 Å². The molecule has 3 aromatic heterocycles. The van der Waals surface area contributed by atoms with E-state index in [-0.39, 0.29) is 5.82 Å². The molecule has 0 aliphatic carbocycles. The highest BCUT2D eigenvalue weighted by Crippen LogP contribution is 2.24. The van der Waals surface area contributed by atoms with Crippen LogP contribution in [0.4, 0.5) is 4.39 Å². The molecule has 5 rings (SSSR count). The van der Waals surface area contributed by atoms with E-state index in [0.29, 0.717) is 28.8 Å². The van der Waals surface area contributed by atoms with Crippen LogP contribution in [-0.2, 0) is 6.54 Å². The summed E-state index contributed by atoms with van der Waals surface area (Å²) in [4.78, 5) is 9.31. The first-order chi connectivity index (χ1) is 14.7. The maximum Gasteiger partial charge on any atom is 0.177 e. The van der Waals surface area contributed by atoms with Gasteiger partial charge in [-0.15, -0.1) is 0 Å². The van der Waals surface area contributed by atoms with Gasteiger partial charge >= 0.3 is 0 Å². The zero-order chi connectivity index (χ0) is 20.5. The minimum Gasteiger partial charge on any atom is -0.320 e. The van der Waals surface area contributed by atoms with Crippen molar-refractivity contribution >= 4 is 22.8 Å². The normalized spacial score (nSPS) is 15.0. The van der Waals surface area contributed by atoms with Crippen LogP contribution < -0.4 is 10.7 Å². The molecule has 0 atom stereocenters. The van der Waals surface area contributed by atoms with Crippen molar-refractivity contribution in [3.63, 3.8) is 0 Å². The van der Waals surface area contributed by atoms with Crippen LogP contribution in [0.25, 0.3) is 22.4 Å². The molecule has 1 aliphatic heterocycles. The lowest BCUT2D eigenvalue weighted by Gasteiger charge is -2.22. The Bertz CT molecular complexity index is 1180. The highest BCUT2D eigenvalue weighted by molar-refractivity contribution is 6.31. The second-order valence-corrected chi connectivity index (χ2v) is 7.82. The summed E-state index contributed by atoms with van der Waals surface area (Å²) in [5, 5.41) is 8.43. The Kier molecular flexibility index (Phi) is 5.10. The number of piperidine rings is 1. The molecule has 0 spiro atoms. The Hall–Kier alpha value is -2.97. The molecule has 0 unspecified atom stereocenters. The van der Waals surface area contributed by atoms with E-state index in [2.05, 4.69) is 20.8 Å². The Balaban J connectivity index is 1.39. The number of benzene rings is 1. The van der Waals surface area contributed by atoms with Crippen LogP contribution in [0.15, 0.2) is 49.1 Å². The molecule has 7 nitrogen and oxygen atoms in total. The van der Waals surface area contributed by atoms with Crippen LogP contribution in [0.1, 0.15) is 24.4 Å². The molecular formula is C21H21ClFN7. The summed E-state index contributed by atoms with van der Waals surface area (Å²) < 4.78 is 17.3. The molecule has 154 valence electrons. The summed E-state index contributed by atoms with van der Waals surface area (Å²) in [7, 11) is 0. The topological polar surface area (TPSA) is 72.6 Å². The van der Waals surface area contributed by atoms with E-state index in [1.54, 1.807) is 16.9 Å². The van der Waals surface area contributed by atoms with Crippen LogP contribution >= 0.6 is 11.6 Å². The molecule has 0 amide bonds. The number of rotatable bonds is 5. The van der Waals surface area contributed by atoms with Crippen molar-refractivity contribution < 1.29 is 4.39 Å². The molecule has 1 aliphatic rings. The van der Waals surface area contributed by atoms with E-state index < -0.39 is 0 Å². The average Bonchev–Trinajstić information content (AvgIpc) is 3.42. The monoisotopic (exact) mass is 425 g/mol. The van der Waals surface area contributed by atoms with Crippen molar-refractivity contribution in [2.24, 2.45) is 0 Å². The van der Waals surface area contributed by atoms with Gasteiger partial charge in [0.2, 0.25) is 0 Å². The second kappa shape index (κ2) is 8.04. The highest BCUT2D eigenvalue weighted by Gasteiger charge is 2.17. The summed E-state index contributed by atoms with van der Waals surface area (Å²) in [6, 6.07) is 6.62. The van der Waals surface area contributed by atoms with Gasteiger partial charge in [0.1, 0.15) is 11.3 Å². The van der Waals surface area contributed by atoms with Crippen molar-refractivity contribution in [3.8, 4) is 11.3 Å². The fourth-order valence-electron chi connectivity index (χ4n) is 3.76. The lowest BCUT2D eigenvalue weighted by atomic mass is 10.1. The molecule has 4 aromatic rings. The number of halogens is 2. The molecule has 2 N–H and O–H groups in total. The molecule has 1 aromatic carbocycles. The van der Waals surface area contributed by atoms with E-state index in [1.165, 1.54) is 12.1 Å². The number of hydrogen-bond donors (Lipinski definition) is 2. The summed E-state index contributed by atoms with van der Waals surface area (Å²) in [6.45, 7) is 2.39. The van der Waals surface area contributed by atoms with Gasteiger partial charge in [0, 0.05) is 23.0 Å². The summed E-state index contributed by atoms with van der Waals surface area (Å²) in [5.41, 5.74) is 7.04. The summed E-state index contributed by atoms with van der Waals surface area (Å²) in [5.74, 6) is -0.318. The largest absolute Gasteiger partial charge is 0.320 e. The number of nitrogens with one attached hydrogen (secondary N) is 2. The first kappa shape index (κ1) is 19.0. The average molecular weight is 426 g/mol. The standard InChI is InChI=1S/C21H21ClFN7/c22-18-2-1-16(23)9-14(18)10-26-29-8-5-19-21(29)28-20(12-25-19)15-11-27-30(13-15)17-3-6-24-7-4-17/h1-2,5,8-9,11-13,17,24,26H,3-4,6-7,10H2. The van der Waals surface area contributed by atoms with Crippen LogP contribution in [0, 0.1) is 5.82 Å². The fraction of sp³-hybridized carbons (Fsp3) is 0.286. The second-order valence-electron chi connectivity index (χ2n) is 7.41. The molecule has 4 heterocycles. The Morgan fingerprint density at radius 3 is 2.93 bits per heavy atom. The molecule has 0 saturated carbocycles.